The summed E-state index contributed by atoms with van der Waals surface area (Å²) in [4.78, 5) is 13.5. The van der Waals surface area contributed by atoms with Crippen LogP contribution in [-0.2, 0) is 13.1 Å². The van der Waals surface area contributed by atoms with Crippen LogP contribution in [0.25, 0.3) is 0 Å². The zero-order valence-corrected chi connectivity index (χ0v) is 12.7. The number of nitrogens with one attached hydrogen (secondary N) is 1. The van der Waals surface area contributed by atoms with Crippen LogP contribution in [0.1, 0.15) is 11.1 Å². The van der Waals surface area contributed by atoms with E-state index in [-0.39, 0.29) is 11.8 Å². The van der Waals surface area contributed by atoms with Crippen molar-refractivity contribution in [2.24, 2.45) is 0 Å². The van der Waals surface area contributed by atoms with E-state index in [1.54, 1.807) is 19.2 Å². The Balaban J connectivity index is 1.83. The Morgan fingerprint density at radius 1 is 1.09 bits per heavy atom. The molecule has 0 heterocycles. The van der Waals surface area contributed by atoms with Gasteiger partial charge in [0.2, 0.25) is 0 Å². The highest BCUT2D eigenvalue weighted by molar-refractivity contribution is 5.73. The first kappa shape index (κ1) is 16.7. The molecule has 23 heavy (non-hydrogen) atoms. The number of carbonyl (C=O) groups excluding carboxylic acids is 1. The number of benzene rings is 2. The minimum absolute atomic E-state index is 0.0972. The summed E-state index contributed by atoms with van der Waals surface area (Å²) in [6, 6.07) is 15.6. The van der Waals surface area contributed by atoms with Gasteiger partial charge in [-0.15, -0.1) is 0 Å². The molecular weight excluding hydrogens is 302 g/mol. The van der Waals surface area contributed by atoms with Crippen LogP contribution >= 0.6 is 0 Å². The average molecular weight is 320 g/mol. The first-order chi connectivity index (χ1) is 11.0. The van der Waals surface area contributed by atoms with E-state index in [0.29, 0.717) is 13.1 Å². The van der Waals surface area contributed by atoms with E-state index in [1.165, 1.54) is 17.0 Å². The Morgan fingerprint density at radius 2 is 1.74 bits per heavy atom. The van der Waals surface area contributed by atoms with Crippen molar-refractivity contribution >= 4 is 6.03 Å². The van der Waals surface area contributed by atoms with Gasteiger partial charge < -0.3 is 15.0 Å². The third-order valence-electron chi connectivity index (χ3n) is 3.20. The fraction of sp³-hybridized carbons (Fsp3) is 0.235. The maximum absolute atomic E-state index is 12.1. The molecule has 2 aromatic rings. The Hall–Kier alpha value is -2.63. The summed E-state index contributed by atoms with van der Waals surface area (Å²) in [5.74, 6) is 0.0972. The molecule has 4 nitrogen and oxygen atoms in total. The van der Waals surface area contributed by atoms with Crippen molar-refractivity contribution in [3.63, 3.8) is 0 Å². The van der Waals surface area contributed by atoms with Crippen molar-refractivity contribution in [3.8, 4) is 5.75 Å². The van der Waals surface area contributed by atoms with Gasteiger partial charge in [-0.25, -0.2) is 4.79 Å². The largest absolute Gasteiger partial charge is 0.435 e. The van der Waals surface area contributed by atoms with E-state index >= 15 is 0 Å². The van der Waals surface area contributed by atoms with E-state index in [2.05, 4.69) is 10.1 Å². The number of carbonyl (C=O) groups is 1. The Morgan fingerprint density at radius 3 is 2.35 bits per heavy atom. The van der Waals surface area contributed by atoms with Gasteiger partial charge in [-0.05, 0) is 23.3 Å². The lowest BCUT2D eigenvalue weighted by molar-refractivity contribution is -0.0498. The van der Waals surface area contributed by atoms with Gasteiger partial charge in [-0.1, -0.05) is 42.5 Å². The molecule has 0 radical (unpaired) electrons. The van der Waals surface area contributed by atoms with Crippen LogP contribution in [0.2, 0.25) is 0 Å². The highest BCUT2D eigenvalue weighted by atomic mass is 19.3. The fourth-order valence-corrected chi connectivity index (χ4v) is 2.03. The lowest BCUT2D eigenvalue weighted by Gasteiger charge is -2.18. The maximum atomic E-state index is 12.1. The Bertz CT molecular complexity index is 618. The highest BCUT2D eigenvalue weighted by Gasteiger charge is 2.09. The molecule has 0 unspecified atom stereocenters. The zero-order valence-electron chi connectivity index (χ0n) is 12.7. The van der Waals surface area contributed by atoms with Crippen molar-refractivity contribution < 1.29 is 18.3 Å². The fourth-order valence-electron chi connectivity index (χ4n) is 2.03. The number of urea groups is 1. The number of rotatable bonds is 6. The molecule has 0 aromatic heterocycles. The summed E-state index contributed by atoms with van der Waals surface area (Å²) in [6.07, 6.45) is 0. The normalized spacial score (nSPS) is 10.4. The minimum atomic E-state index is -2.84. The maximum Gasteiger partial charge on any atom is 0.387 e. The molecule has 0 aliphatic carbocycles. The number of amides is 2. The molecule has 0 saturated carbocycles. The molecule has 6 heteroatoms. The summed E-state index contributed by atoms with van der Waals surface area (Å²) >= 11 is 0. The average Bonchev–Trinajstić information content (AvgIpc) is 2.55. The van der Waals surface area contributed by atoms with Crippen LogP contribution in [0, 0.1) is 0 Å². The first-order valence-corrected chi connectivity index (χ1v) is 7.11. The second-order valence-corrected chi connectivity index (χ2v) is 5.02. The van der Waals surface area contributed by atoms with Crippen molar-refractivity contribution in [1.29, 1.82) is 0 Å². The Labute approximate surface area is 133 Å². The molecule has 2 rings (SSSR count). The van der Waals surface area contributed by atoms with E-state index in [0.717, 1.165) is 11.1 Å². The number of halogens is 2. The summed E-state index contributed by atoms with van der Waals surface area (Å²) in [5.41, 5.74) is 1.84. The van der Waals surface area contributed by atoms with Gasteiger partial charge in [0.25, 0.3) is 0 Å². The predicted molar refractivity (Wildman–Crippen MR) is 83.2 cm³/mol. The standard InChI is InChI=1S/C17H18F2N2O2/c1-21(17(22)20-11-13-5-3-2-4-6-13)12-14-7-9-15(10-8-14)23-16(18)19/h2-10,16H,11-12H2,1H3,(H,20,22). The van der Waals surface area contributed by atoms with Gasteiger partial charge in [0.05, 0.1) is 0 Å². The lowest BCUT2D eigenvalue weighted by Crippen LogP contribution is -2.36. The monoisotopic (exact) mass is 320 g/mol. The summed E-state index contributed by atoms with van der Waals surface area (Å²) in [6.45, 7) is -2.02. The molecule has 0 bridgehead atoms. The molecule has 0 aliphatic rings. The van der Waals surface area contributed by atoms with Crippen LogP contribution in [0.4, 0.5) is 13.6 Å². The van der Waals surface area contributed by atoms with Crippen molar-refractivity contribution in [3.05, 3.63) is 65.7 Å². The van der Waals surface area contributed by atoms with Crippen molar-refractivity contribution in [2.75, 3.05) is 7.05 Å². The van der Waals surface area contributed by atoms with Gasteiger partial charge in [0.15, 0.2) is 0 Å². The number of ether oxygens (including phenoxy) is 1. The summed E-state index contributed by atoms with van der Waals surface area (Å²) in [7, 11) is 1.67. The quantitative estimate of drug-likeness (QED) is 0.883. The van der Waals surface area contributed by atoms with Gasteiger partial charge in [0.1, 0.15) is 5.75 Å². The zero-order chi connectivity index (χ0) is 16.7. The second-order valence-electron chi connectivity index (χ2n) is 5.02. The van der Waals surface area contributed by atoms with Gasteiger partial charge in [-0.2, -0.15) is 8.78 Å². The molecule has 1 N–H and O–H groups in total. The SMILES string of the molecule is CN(Cc1ccc(OC(F)F)cc1)C(=O)NCc1ccccc1. The third-order valence-corrected chi connectivity index (χ3v) is 3.20. The van der Waals surface area contributed by atoms with E-state index in [9.17, 15) is 13.6 Å². The lowest BCUT2D eigenvalue weighted by atomic mass is 10.2. The Kier molecular flexibility index (Phi) is 5.91. The molecule has 0 fully saturated rings. The van der Waals surface area contributed by atoms with Crippen LogP contribution < -0.4 is 10.1 Å². The number of hydrogen-bond acceptors (Lipinski definition) is 2. The molecular formula is C17H18F2N2O2. The van der Waals surface area contributed by atoms with Gasteiger partial charge in [0, 0.05) is 20.1 Å². The van der Waals surface area contributed by atoms with Crippen LogP contribution in [0.5, 0.6) is 5.75 Å². The molecule has 0 spiro atoms. The summed E-state index contributed by atoms with van der Waals surface area (Å²) < 4.78 is 28.4. The van der Waals surface area contributed by atoms with Crippen LogP contribution in [0.15, 0.2) is 54.6 Å². The van der Waals surface area contributed by atoms with Gasteiger partial charge in [-0.3, -0.25) is 0 Å². The van der Waals surface area contributed by atoms with E-state index < -0.39 is 6.61 Å². The smallest absolute Gasteiger partial charge is 0.387 e. The molecule has 0 aliphatic heterocycles. The molecule has 0 saturated heterocycles. The van der Waals surface area contributed by atoms with E-state index in [4.69, 9.17) is 0 Å². The minimum Gasteiger partial charge on any atom is -0.435 e. The van der Waals surface area contributed by atoms with E-state index in [1.807, 2.05) is 30.3 Å². The highest BCUT2D eigenvalue weighted by Crippen LogP contribution is 2.15. The van der Waals surface area contributed by atoms with Gasteiger partial charge >= 0.3 is 12.6 Å². The number of hydrogen-bond donors (Lipinski definition) is 1. The number of nitrogens with zero attached hydrogens (tertiary/aromatic N) is 1. The topological polar surface area (TPSA) is 41.6 Å². The molecule has 2 amide bonds. The van der Waals surface area contributed by atoms with Crippen LogP contribution in [-0.4, -0.2) is 24.6 Å². The van der Waals surface area contributed by atoms with Crippen molar-refractivity contribution in [2.45, 2.75) is 19.7 Å². The molecule has 2 aromatic carbocycles. The van der Waals surface area contributed by atoms with Crippen LogP contribution in [0.3, 0.4) is 0 Å². The predicted octanol–water partition coefficient (Wildman–Crippen LogP) is 3.63. The first-order valence-electron chi connectivity index (χ1n) is 7.11. The molecule has 0 atom stereocenters. The summed E-state index contributed by atoms with van der Waals surface area (Å²) in [5, 5.41) is 2.82. The third kappa shape index (κ3) is 5.58. The molecule has 122 valence electrons. The number of alkyl halides is 2. The van der Waals surface area contributed by atoms with Crippen molar-refractivity contribution in [1.82, 2.24) is 10.2 Å². The second kappa shape index (κ2) is 8.12.